The van der Waals surface area contributed by atoms with Crippen LogP contribution in [0.5, 0.6) is 0 Å². The number of nitrogens with one attached hydrogen (secondary N) is 1. The van der Waals surface area contributed by atoms with Gasteiger partial charge in [0, 0.05) is 11.1 Å². The molecule has 1 aromatic rings. The van der Waals surface area contributed by atoms with Crippen LogP contribution >= 0.6 is 0 Å². The number of hydrogen-bond acceptors (Lipinski definition) is 3. The van der Waals surface area contributed by atoms with Crippen LogP contribution in [0.25, 0.3) is 0 Å². The Morgan fingerprint density at radius 3 is 2.56 bits per heavy atom. The Hall–Kier alpha value is -1.42. The molecular weight excluding hydrogens is 228 g/mol. The maximum atomic E-state index is 12.0. The third-order valence-electron chi connectivity index (χ3n) is 3.53. The van der Waals surface area contributed by atoms with Gasteiger partial charge >= 0.3 is 0 Å². The molecule has 1 amide bonds. The molecule has 0 radical (unpaired) electrons. The summed E-state index contributed by atoms with van der Waals surface area (Å²) in [5.41, 5.74) is 2.17. The van der Waals surface area contributed by atoms with Crippen LogP contribution in [0.2, 0.25) is 0 Å². The minimum Gasteiger partial charge on any atom is -0.392 e. The third kappa shape index (κ3) is 3.07. The summed E-state index contributed by atoms with van der Waals surface area (Å²) in [5, 5.41) is 12.1. The van der Waals surface area contributed by atoms with Crippen molar-refractivity contribution >= 4 is 11.7 Å². The predicted octanol–water partition coefficient (Wildman–Crippen LogP) is 2.57. The fourth-order valence-corrected chi connectivity index (χ4v) is 1.48. The standard InChI is InChI=1S/C14H22N2O2/c1-6-14(4,5)13(18)16-12-7-11(8-17)9(2)10(3)15-12/h7,17H,6,8H2,1-5H3,(H,15,16,18). The highest BCUT2D eigenvalue weighted by molar-refractivity contribution is 5.94. The lowest BCUT2D eigenvalue weighted by Crippen LogP contribution is -2.30. The van der Waals surface area contributed by atoms with E-state index in [1.807, 2.05) is 34.6 Å². The highest BCUT2D eigenvalue weighted by Gasteiger charge is 2.25. The molecule has 0 aromatic carbocycles. The van der Waals surface area contributed by atoms with Crippen LogP contribution in [0.1, 0.15) is 44.0 Å². The van der Waals surface area contributed by atoms with Crippen LogP contribution < -0.4 is 5.32 Å². The van der Waals surface area contributed by atoms with Gasteiger partial charge in [0.15, 0.2) is 0 Å². The molecule has 4 nitrogen and oxygen atoms in total. The summed E-state index contributed by atoms with van der Waals surface area (Å²) in [7, 11) is 0. The highest BCUT2D eigenvalue weighted by Crippen LogP contribution is 2.23. The molecule has 0 bridgehead atoms. The molecule has 0 spiro atoms. The molecule has 0 aliphatic carbocycles. The van der Waals surface area contributed by atoms with E-state index in [9.17, 15) is 9.90 Å². The molecule has 0 aliphatic heterocycles. The minimum absolute atomic E-state index is 0.0464. The molecule has 0 saturated carbocycles. The largest absolute Gasteiger partial charge is 0.392 e. The van der Waals surface area contributed by atoms with E-state index in [0.29, 0.717) is 5.82 Å². The summed E-state index contributed by atoms with van der Waals surface area (Å²) in [6, 6.07) is 1.73. The Morgan fingerprint density at radius 1 is 1.44 bits per heavy atom. The summed E-state index contributed by atoms with van der Waals surface area (Å²) in [6.45, 7) is 9.51. The molecule has 0 fully saturated rings. The van der Waals surface area contributed by atoms with Gasteiger partial charge in [-0.25, -0.2) is 4.98 Å². The molecule has 18 heavy (non-hydrogen) atoms. The van der Waals surface area contributed by atoms with Crippen LogP contribution in [0, 0.1) is 19.3 Å². The molecule has 0 aliphatic rings. The number of carbonyl (C=O) groups excluding carboxylic acids is 1. The molecule has 1 heterocycles. The maximum Gasteiger partial charge on any atom is 0.231 e. The van der Waals surface area contributed by atoms with Gasteiger partial charge in [-0.1, -0.05) is 20.8 Å². The molecule has 100 valence electrons. The summed E-state index contributed by atoms with van der Waals surface area (Å²) in [4.78, 5) is 16.4. The van der Waals surface area contributed by atoms with Crippen LogP contribution in [0.4, 0.5) is 5.82 Å². The highest BCUT2D eigenvalue weighted by atomic mass is 16.3. The second-order valence-electron chi connectivity index (χ2n) is 5.23. The Labute approximate surface area is 108 Å². The zero-order valence-corrected chi connectivity index (χ0v) is 11.8. The minimum atomic E-state index is -0.417. The maximum absolute atomic E-state index is 12.0. The van der Waals surface area contributed by atoms with E-state index in [1.54, 1.807) is 6.07 Å². The number of hydrogen-bond donors (Lipinski definition) is 2. The number of rotatable bonds is 4. The Balaban J connectivity index is 2.99. The van der Waals surface area contributed by atoms with Crippen LogP contribution in [0.15, 0.2) is 6.07 Å². The van der Waals surface area contributed by atoms with E-state index in [4.69, 9.17) is 0 Å². The third-order valence-corrected chi connectivity index (χ3v) is 3.53. The van der Waals surface area contributed by atoms with Gasteiger partial charge in [-0.3, -0.25) is 4.79 Å². The van der Waals surface area contributed by atoms with Crippen molar-refractivity contribution in [2.24, 2.45) is 5.41 Å². The van der Waals surface area contributed by atoms with E-state index >= 15 is 0 Å². The first-order chi connectivity index (χ1) is 8.31. The van der Waals surface area contributed by atoms with Crippen LogP contribution in [0.3, 0.4) is 0 Å². The summed E-state index contributed by atoms with van der Waals surface area (Å²) in [6.07, 6.45) is 0.760. The SMILES string of the molecule is CCC(C)(C)C(=O)Nc1cc(CO)c(C)c(C)n1. The normalized spacial score (nSPS) is 11.4. The van der Waals surface area contributed by atoms with Gasteiger partial charge in [0.1, 0.15) is 5.82 Å². The van der Waals surface area contributed by atoms with E-state index in [-0.39, 0.29) is 12.5 Å². The molecule has 4 heteroatoms. The van der Waals surface area contributed by atoms with E-state index in [2.05, 4.69) is 10.3 Å². The van der Waals surface area contributed by atoms with Gasteiger partial charge in [0.05, 0.1) is 6.61 Å². The van der Waals surface area contributed by atoms with Crippen molar-refractivity contribution in [2.45, 2.75) is 47.6 Å². The quantitative estimate of drug-likeness (QED) is 0.863. The van der Waals surface area contributed by atoms with Gasteiger partial charge in [-0.2, -0.15) is 0 Å². The monoisotopic (exact) mass is 250 g/mol. The Bertz CT molecular complexity index is 453. The number of aliphatic hydroxyl groups excluding tert-OH is 1. The average molecular weight is 250 g/mol. The van der Waals surface area contributed by atoms with Gasteiger partial charge in [-0.15, -0.1) is 0 Å². The number of nitrogens with zero attached hydrogens (tertiary/aromatic N) is 1. The second kappa shape index (κ2) is 5.48. The number of aryl methyl sites for hydroxylation is 1. The van der Waals surface area contributed by atoms with Crippen molar-refractivity contribution in [1.82, 2.24) is 4.98 Å². The van der Waals surface area contributed by atoms with E-state index < -0.39 is 5.41 Å². The van der Waals surface area contributed by atoms with Crippen molar-refractivity contribution in [3.8, 4) is 0 Å². The first-order valence-corrected chi connectivity index (χ1v) is 6.21. The van der Waals surface area contributed by atoms with Crippen molar-refractivity contribution in [3.63, 3.8) is 0 Å². The summed E-state index contributed by atoms with van der Waals surface area (Å²) < 4.78 is 0. The molecule has 0 atom stereocenters. The first-order valence-electron chi connectivity index (χ1n) is 6.21. The predicted molar refractivity (Wildman–Crippen MR) is 72.3 cm³/mol. The van der Waals surface area contributed by atoms with Crippen molar-refractivity contribution in [2.75, 3.05) is 5.32 Å². The van der Waals surface area contributed by atoms with Crippen molar-refractivity contribution < 1.29 is 9.90 Å². The number of aromatic nitrogens is 1. The molecule has 0 saturated heterocycles. The number of pyridine rings is 1. The Kier molecular flexibility index (Phi) is 4.46. The van der Waals surface area contributed by atoms with Crippen molar-refractivity contribution in [3.05, 3.63) is 22.9 Å². The molecule has 1 rings (SSSR count). The zero-order valence-electron chi connectivity index (χ0n) is 11.8. The molecule has 0 unspecified atom stereocenters. The summed E-state index contributed by atoms with van der Waals surface area (Å²) >= 11 is 0. The second-order valence-corrected chi connectivity index (χ2v) is 5.23. The van der Waals surface area contributed by atoms with Gasteiger partial charge in [0.2, 0.25) is 5.91 Å². The number of aliphatic hydroxyl groups is 1. The average Bonchev–Trinajstić information content (AvgIpc) is 2.33. The lowest BCUT2D eigenvalue weighted by molar-refractivity contribution is -0.124. The van der Waals surface area contributed by atoms with Gasteiger partial charge in [-0.05, 0) is 37.5 Å². The van der Waals surface area contributed by atoms with Gasteiger partial charge < -0.3 is 10.4 Å². The zero-order chi connectivity index (χ0) is 13.9. The van der Waals surface area contributed by atoms with Gasteiger partial charge in [0.25, 0.3) is 0 Å². The number of anilines is 1. The van der Waals surface area contributed by atoms with Crippen molar-refractivity contribution in [1.29, 1.82) is 0 Å². The molecule has 1 aromatic heterocycles. The molecule has 2 N–H and O–H groups in total. The van der Waals surface area contributed by atoms with E-state index in [0.717, 1.165) is 23.2 Å². The smallest absolute Gasteiger partial charge is 0.231 e. The molecular formula is C14H22N2O2. The topological polar surface area (TPSA) is 62.2 Å². The van der Waals surface area contributed by atoms with Crippen LogP contribution in [-0.2, 0) is 11.4 Å². The lowest BCUT2D eigenvalue weighted by Gasteiger charge is -2.21. The fraction of sp³-hybridized carbons (Fsp3) is 0.571. The van der Waals surface area contributed by atoms with E-state index in [1.165, 1.54) is 0 Å². The van der Waals surface area contributed by atoms with Crippen LogP contribution in [-0.4, -0.2) is 16.0 Å². The Morgan fingerprint density at radius 2 is 2.06 bits per heavy atom. The number of amides is 1. The fourth-order valence-electron chi connectivity index (χ4n) is 1.48. The lowest BCUT2D eigenvalue weighted by atomic mass is 9.89. The number of carbonyl (C=O) groups is 1. The summed E-state index contributed by atoms with van der Waals surface area (Å²) in [5.74, 6) is 0.457. The first kappa shape index (κ1) is 14.6.